The minimum Gasteiger partial charge on any atom is -0.494 e. The van der Waals surface area contributed by atoms with E-state index >= 15 is 0 Å². The SMILES string of the molecule is COc1cc(=O)n(-c2ccccc2)nc1C(=O)N(C)C1CC[NH+](C)CC1. The van der Waals surface area contributed by atoms with Gasteiger partial charge in [0.2, 0.25) is 0 Å². The molecule has 1 aromatic heterocycles. The standard InChI is InChI=1S/C19H24N4O3/c1-21-11-9-14(10-12-21)22(2)19(25)18-16(26-3)13-17(24)23(20-18)15-7-5-4-6-8-15/h4-8,13-14H,9-12H2,1-3H3/p+1. The van der Waals surface area contributed by atoms with Gasteiger partial charge in [0.1, 0.15) is 0 Å². The molecular weight excluding hydrogens is 332 g/mol. The van der Waals surface area contributed by atoms with Gasteiger partial charge in [0.05, 0.1) is 39.0 Å². The van der Waals surface area contributed by atoms with Crippen molar-refractivity contribution in [1.29, 1.82) is 0 Å². The lowest BCUT2D eigenvalue weighted by Gasteiger charge is -2.33. The molecule has 0 aliphatic carbocycles. The van der Waals surface area contributed by atoms with E-state index in [9.17, 15) is 9.59 Å². The minimum absolute atomic E-state index is 0.157. The quantitative estimate of drug-likeness (QED) is 0.836. The minimum atomic E-state index is -0.338. The predicted molar refractivity (Wildman–Crippen MR) is 98.1 cm³/mol. The van der Waals surface area contributed by atoms with E-state index in [2.05, 4.69) is 12.1 Å². The number of quaternary nitrogens is 1. The van der Waals surface area contributed by atoms with Gasteiger partial charge in [-0.25, -0.2) is 0 Å². The van der Waals surface area contributed by atoms with Crippen LogP contribution >= 0.6 is 0 Å². The van der Waals surface area contributed by atoms with Crippen LogP contribution < -0.4 is 15.2 Å². The number of methoxy groups -OCH3 is 1. The Morgan fingerprint density at radius 1 is 1.27 bits per heavy atom. The molecule has 1 saturated heterocycles. The fraction of sp³-hybridized carbons (Fsp3) is 0.421. The molecule has 3 rings (SSSR count). The Kier molecular flexibility index (Phi) is 5.37. The number of ether oxygens (including phenoxy) is 1. The third kappa shape index (κ3) is 3.62. The number of amides is 1. The average Bonchev–Trinajstić information content (AvgIpc) is 2.68. The maximum atomic E-state index is 13.1. The molecule has 1 N–H and O–H groups in total. The summed E-state index contributed by atoms with van der Waals surface area (Å²) in [6.45, 7) is 2.08. The molecule has 0 spiro atoms. The van der Waals surface area contributed by atoms with Gasteiger partial charge in [-0.3, -0.25) is 9.59 Å². The fourth-order valence-corrected chi connectivity index (χ4v) is 3.31. The maximum absolute atomic E-state index is 13.1. The van der Waals surface area contributed by atoms with E-state index < -0.39 is 0 Å². The van der Waals surface area contributed by atoms with Crippen molar-refractivity contribution in [2.45, 2.75) is 18.9 Å². The third-order valence-corrected chi connectivity index (χ3v) is 5.00. The van der Waals surface area contributed by atoms with Crippen molar-refractivity contribution in [1.82, 2.24) is 14.7 Å². The fourth-order valence-electron chi connectivity index (χ4n) is 3.31. The zero-order valence-electron chi connectivity index (χ0n) is 15.4. The molecule has 7 heteroatoms. The van der Waals surface area contributed by atoms with Gasteiger partial charge in [-0.05, 0) is 12.1 Å². The molecule has 26 heavy (non-hydrogen) atoms. The van der Waals surface area contributed by atoms with Crippen LogP contribution in [0.3, 0.4) is 0 Å². The third-order valence-electron chi connectivity index (χ3n) is 5.00. The summed E-state index contributed by atoms with van der Waals surface area (Å²) in [5, 5.41) is 4.33. The van der Waals surface area contributed by atoms with Crippen molar-refractivity contribution < 1.29 is 14.4 Å². The van der Waals surface area contributed by atoms with Crippen LogP contribution in [0.2, 0.25) is 0 Å². The topological polar surface area (TPSA) is 68.9 Å². The van der Waals surface area contributed by atoms with E-state index in [1.54, 1.807) is 24.1 Å². The summed E-state index contributed by atoms with van der Waals surface area (Å²) in [5.41, 5.74) is 0.430. The number of hydrogen-bond acceptors (Lipinski definition) is 4. The second kappa shape index (κ2) is 7.70. The summed E-state index contributed by atoms with van der Waals surface area (Å²) in [5.74, 6) is -0.0198. The highest BCUT2D eigenvalue weighted by atomic mass is 16.5. The first-order chi connectivity index (χ1) is 12.5. The number of benzene rings is 1. The molecule has 1 aliphatic rings. The van der Waals surface area contributed by atoms with E-state index in [0.717, 1.165) is 25.9 Å². The number of aromatic nitrogens is 2. The second-order valence-electron chi connectivity index (χ2n) is 6.75. The number of rotatable bonds is 4. The lowest BCUT2D eigenvalue weighted by Crippen LogP contribution is -3.10. The molecule has 1 fully saturated rings. The van der Waals surface area contributed by atoms with Gasteiger partial charge in [-0.15, -0.1) is 0 Å². The van der Waals surface area contributed by atoms with Crippen LogP contribution in [0, 0.1) is 0 Å². The number of likely N-dealkylation sites (tertiary alicyclic amines) is 1. The monoisotopic (exact) mass is 357 g/mol. The highest BCUT2D eigenvalue weighted by Crippen LogP contribution is 2.19. The summed E-state index contributed by atoms with van der Waals surface area (Å²) in [4.78, 5) is 28.7. The molecule has 0 unspecified atom stereocenters. The molecule has 0 radical (unpaired) electrons. The zero-order chi connectivity index (χ0) is 18.7. The van der Waals surface area contributed by atoms with Gasteiger partial charge in [-0.1, -0.05) is 18.2 Å². The Hall–Kier alpha value is -2.67. The second-order valence-corrected chi connectivity index (χ2v) is 6.75. The van der Waals surface area contributed by atoms with Crippen molar-refractivity contribution >= 4 is 5.91 Å². The molecule has 1 aromatic carbocycles. The Balaban J connectivity index is 1.95. The first-order valence-electron chi connectivity index (χ1n) is 8.83. The molecule has 1 aliphatic heterocycles. The van der Waals surface area contributed by atoms with Crippen LogP contribution in [0.4, 0.5) is 0 Å². The summed E-state index contributed by atoms with van der Waals surface area (Å²) < 4.78 is 6.50. The van der Waals surface area contributed by atoms with Gasteiger partial charge in [-0.2, -0.15) is 9.78 Å². The van der Waals surface area contributed by atoms with Gasteiger partial charge >= 0.3 is 0 Å². The van der Waals surface area contributed by atoms with E-state index in [-0.39, 0.29) is 29.0 Å². The molecule has 1 amide bonds. The van der Waals surface area contributed by atoms with Crippen LogP contribution in [-0.4, -0.2) is 60.9 Å². The van der Waals surface area contributed by atoms with Crippen molar-refractivity contribution in [3.63, 3.8) is 0 Å². The van der Waals surface area contributed by atoms with Gasteiger partial charge in [0.25, 0.3) is 11.5 Å². The molecule has 0 bridgehead atoms. The largest absolute Gasteiger partial charge is 0.494 e. The van der Waals surface area contributed by atoms with Gasteiger partial charge in [0, 0.05) is 25.9 Å². The number of hydrogen-bond donors (Lipinski definition) is 1. The molecule has 0 saturated carbocycles. The Morgan fingerprint density at radius 2 is 1.92 bits per heavy atom. The van der Waals surface area contributed by atoms with E-state index in [0.29, 0.717) is 5.69 Å². The number of nitrogens with one attached hydrogen (secondary N) is 1. The van der Waals surface area contributed by atoms with Crippen molar-refractivity contribution in [3.8, 4) is 11.4 Å². The Morgan fingerprint density at radius 3 is 2.54 bits per heavy atom. The molecule has 2 heterocycles. The van der Waals surface area contributed by atoms with Gasteiger partial charge in [0.15, 0.2) is 11.4 Å². The molecular formula is C19H25N4O3+. The van der Waals surface area contributed by atoms with E-state index in [4.69, 9.17) is 4.74 Å². The zero-order valence-corrected chi connectivity index (χ0v) is 15.4. The van der Waals surface area contributed by atoms with Crippen LogP contribution in [0.25, 0.3) is 5.69 Å². The lowest BCUT2D eigenvalue weighted by atomic mass is 10.0. The van der Waals surface area contributed by atoms with Crippen molar-refractivity contribution in [3.05, 3.63) is 52.4 Å². The highest BCUT2D eigenvalue weighted by Gasteiger charge is 2.29. The molecule has 138 valence electrons. The predicted octanol–water partition coefficient (Wildman–Crippen LogP) is -0.00980. The van der Waals surface area contributed by atoms with Crippen LogP contribution in [0.1, 0.15) is 23.3 Å². The number of carbonyl (C=O) groups excluding carboxylic acids is 1. The van der Waals surface area contributed by atoms with Crippen molar-refractivity contribution in [2.75, 3.05) is 34.3 Å². The number of carbonyl (C=O) groups is 1. The first-order valence-corrected chi connectivity index (χ1v) is 8.83. The molecule has 2 aromatic rings. The summed E-state index contributed by atoms with van der Waals surface area (Å²) in [7, 11) is 5.41. The highest BCUT2D eigenvalue weighted by molar-refractivity contribution is 5.94. The Labute approximate surface area is 152 Å². The number of para-hydroxylation sites is 1. The van der Waals surface area contributed by atoms with Gasteiger partial charge < -0.3 is 14.5 Å². The first kappa shape index (κ1) is 18.1. The number of piperidine rings is 1. The summed E-state index contributed by atoms with van der Waals surface area (Å²) in [6, 6.07) is 10.6. The smallest absolute Gasteiger partial charge is 0.278 e. The van der Waals surface area contributed by atoms with E-state index in [1.165, 1.54) is 22.8 Å². The molecule has 7 nitrogen and oxygen atoms in total. The number of nitrogens with zero attached hydrogens (tertiary/aromatic N) is 3. The molecule has 0 atom stereocenters. The normalized spacial score (nSPS) is 19.8. The maximum Gasteiger partial charge on any atom is 0.278 e. The lowest BCUT2D eigenvalue weighted by molar-refractivity contribution is -0.885. The van der Waals surface area contributed by atoms with Crippen LogP contribution in [0.15, 0.2) is 41.2 Å². The van der Waals surface area contributed by atoms with Crippen molar-refractivity contribution in [2.24, 2.45) is 0 Å². The average molecular weight is 357 g/mol. The summed E-state index contributed by atoms with van der Waals surface area (Å²) >= 11 is 0. The Bertz CT molecular complexity index is 826. The van der Waals surface area contributed by atoms with Crippen LogP contribution in [0.5, 0.6) is 5.75 Å². The summed E-state index contributed by atoms with van der Waals surface area (Å²) in [6.07, 6.45) is 1.91. The van der Waals surface area contributed by atoms with Crippen LogP contribution in [-0.2, 0) is 0 Å². The van der Waals surface area contributed by atoms with E-state index in [1.807, 2.05) is 18.2 Å².